The van der Waals surface area contributed by atoms with Crippen LogP contribution in [0.4, 0.5) is 11.5 Å². The summed E-state index contributed by atoms with van der Waals surface area (Å²) in [6.45, 7) is 3.84. The zero-order chi connectivity index (χ0) is 18.7. The van der Waals surface area contributed by atoms with Crippen LogP contribution in [0.1, 0.15) is 42.5 Å². The Hall–Kier alpha value is -1.87. The molecule has 1 aromatic rings. The van der Waals surface area contributed by atoms with Crippen molar-refractivity contribution in [2.75, 3.05) is 42.1 Å². The summed E-state index contributed by atoms with van der Waals surface area (Å²) >= 11 is 0. The van der Waals surface area contributed by atoms with Crippen molar-refractivity contribution >= 4 is 27.5 Å². The van der Waals surface area contributed by atoms with Crippen molar-refractivity contribution in [3.63, 3.8) is 0 Å². The molecule has 0 aliphatic carbocycles. The van der Waals surface area contributed by atoms with Gasteiger partial charge in [-0.05, 0) is 44.8 Å². The lowest BCUT2D eigenvalue weighted by Crippen LogP contribution is -2.47. The van der Waals surface area contributed by atoms with Crippen LogP contribution in [0.15, 0.2) is 12.3 Å². The van der Waals surface area contributed by atoms with Crippen molar-refractivity contribution < 1.29 is 18.3 Å². The van der Waals surface area contributed by atoms with E-state index in [4.69, 9.17) is 0 Å². The molecule has 2 aliphatic heterocycles. The number of piperidine rings is 2. The van der Waals surface area contributed by atoms with Gasteiger partial charge in [-0.2, -0.15) is 0 Å². The smallest absolute Gasteiger partial charge is 0.339 e. The van der Waals surface area contributed by atoms with Crippen LogP contribution in [0.2, 0.25) is 0 Å². The molecule has 0 aromatic carbocycles. The molecule has 3 rings (SSSR count). The number of hydrogen-bond acceptors (Lipinski definition) is 6. The second kappa shape index (κ2) is 7.79. The summed E-state index contributed by atoms with van der Waals surface area (Å²) in [5.74, 6) is -0.698. The Kier molecular flexibility index (Phi) is 5.67. The fourth-order valence-electron chi connectivity index (χ4n) is 3.86. The quantitative estimate of drug-likeness (QED) is 0.797. The van der Waals surface area contributed by atoms with E-state index in [9.17, 15) is 18.3 Å². The maximum absolute atomic E-state index is 11.6. The number of likely N-dealkylation sites (tertiary alicyclic amines) is 1. The molecule has 0 bridgehead atoms. The number of rotatable bonds is 5. The average molecular weight is 382 g/mol. The van der Waals surface area contributed by atoms with Crippen molar-refractivity contribution in [3.05, 3.63) is 17.8 Å². The Balaban J connectivity index is 1.71. The minimum atomic E-state index is -3.48. The number of nitrogens with zero attached hydrogens (tertiary/aromatic N) is 3. The van der Waals surface area contributed by atoms with Gasteiger partial charge in [-0.25, -0.2) is 18.2 Å². The second-order valence-corrected chi connectivity index (χ2v) is 8.84. The number of carboxylic acids is 1. The third-order valence-corrected chi connectivity index (χ3v) is 5.68. The maximum atomic E-state index is 11.6. The highest BCUT2D eigenvalue weighted by Gasteiger charge is 2.28. The van der Waals surface area contributed by atoms with Crippen LogP contribution < -0.4 is 9.62 Å². The van der Waals surface area contributed by atoms with Gasteiger partial charge in [-0.1, -0.05) is 6.42 Å². The fraction of sp³-hybridized carbons (Fsp3) is 0.647. The molecule has 26 heavy (non-hydrogen) atoms. The van der Waals surface area contributed by atoms with Crippen molar-refractivity contribution in [2.45, 2.75) is 38.1 Å². The van der Waals surface area contributed by atoms with Gasteiger partial charge in [0.15, 0.2) is 0 Å². The molecule has 2 fully saturated rings. The third kappa shape index (κ3) is 4.64. The van der Waals surface area contributed by atoms with Gasteiger partial charge < -0.3 is 14.9 Å². The molecule has 0 unspecified atom stereocenters. The van der Waals surface area contributed by atoms with E-state index in [1.807, 2.05) is 4.90 Å². The summed E-state index contributed by atoms with van der Waals surface area (Å²) in [5.41, 5.74) is 0.187. The number of anilines is 2. The minimum absolute atomic E-state index is 0.0232. The monoisotopic (exact) mass is 382 g/mol. The number of pyridine rings is 1. The second-order valence-electron chi connectivity index (χ2n) is 7.09. The lowest BCUT2D eigenvalue weighted by atomic mass is 9.99. The van der Waals surface area contributed by atoms with Crippen LogP contribution in [0.25, 0.3) is 0 Å². The van der Waals surface area contributed by atoms with Crippen LogP contribution >= 0.6 is 0 Å². The van der Waals surface area contributed by atoms with E-state index in [2.05, 4.69) is 14.6 Å². The van der Waals surface area contributed by atoms with Crippen LogP contribution in [0.5, 0.6) is 0 Å². The van der Waals surface area contributed by atoms with E-state index in [-0.39, 0.29) is 11.3 Å². The Morgan fingerprint density at radius 3 is 2.42 bits per heavy atom. The van der Waals surface area contributed by atoms with Crippen molar-refractivity contribution in [1.82, 2.24) is 9.88 Å². The SMILES string of the molecule is CS(=O)(=O)Nc1cnc(N2CCC(N3CCCCC3)CC2)c(C(=O)O)c1. The summed E-state index contributed by atoms with van der Waals surface area (Å²) in [6, 6.07) is 1.90. The molecule has 3 heterocycles. The molecule has 0 amide bonds. The first-order valence-electron chi connectivity index (χ1n) is 9.03. The summed E-state index contributed by atoms with van der Waals surface area (Å²) in [7, 11) is -3.48. The highest BCUT2D eigenvalue weighted by Crippen LogP contribution is 2.27. The molecule has 2 aliphatic rings. The lowest BCUT2D eigenvalue weighted by Gasteiger charge is -2.40. The summed E-state index contributed by atoms with van der Waals surface area (Å²) in [6.07, 6.45) is 8.22. The van der Waals surface area contributed by atoms with Gasteiger partial charge in [0.2, 0.25) is 10.0 Å². The van der Waals surface area contributed by atoms with E-state index in [0.717, 1.165) is 45.3 Å². The molecule has 2 saturated heterocycles. The van der Waals surface area contributed by atoms with Gasteiger partial charge in [0, 0.05) is 19.1 Å². The minimum Gasteiger partial charge on any atom is -0.478 e. The predicted octanol–water partition coefficient (Wildman–Crippen LogP) is 1.61. The molecule has 1 aromatic heterocycles. The number of nitrogens with one attached hydrogen (secondary N) is 1. The Morgan fingerprint density at radius 1 is 1.19 bits per heavy atom. The van der Waals surface area contributed by atoms with Gasteiger partial charge in [-0.15, -0.1) is 0 Å². The van der Waals surface area contributed by atoms with Crippen molar-refractivity contribution in [1.29, 1.82) is 0 Å². The van der Waals surface area contributed by atoms with Gasteiger partial charge in [-0.3, -0.25) is 4.72 Å². The predicted molar refractivity (Wildman–Crippen MR) is 100 cm³/mol. The first-order chi connectivity index (χ1) is 12.3. The summed E-state index contributed by atoms with van der Waals surface area (Å²) in [5, 5.41) is 9.52. The summed E-state index contributed by atoms with van der Waals surface area (Å²) < 4.78 is 25.0. The van der Waals surface area contributed by atoms with E-state index < -0.39 is 16.0 Å². The third-order valence-electron chi connectivity index (χ3n) is 5.07. The van der Waals surface area contributed by atoms with Crippen LogP contribution in [-0.2, 0) is 10.0 Å². The molecule has 0 saturated carbocycles. The van der Waals surface area contributed by atoms with E-state index >= 15 is 0 Å². The molecule has 0 atom stereocenters. The van der Waals surface area contributed by atoms with Crippen LogP contribution in [0.3, 0.4) is 0 Å². The van der Waals surface area contributed by atoms with Gasteiger partial charge >= 0.3 is 5.97 Å². The van der Waals surface area contributed by atoms with Gasteiger partial charge in [0.1, 0.15) is 11.4 Å². The molecule has 9 heteroatoms. The molecule has 0 spiro atoms. The molecule has 0 radical (unpaired) electrons. The van der Waals surface area contributed by atoms with E-state index in [0.29, 0.717) is 11.9 Å². The lowest BCUT2D eigenvalue weighted by molar-refractivity contribution is 0.0697. The maximum Gasteiger partial charge on any atom is 0.339 e. The molecule has 144 valence electrons. The Morgan fingerprint density at radius 2 is 1.85 bits per heavy atom. The molecular formula is C17H26N4O4S. The highest BCUT2D eigenvalue weighted by molar-refractivity contribution is 7.92. The van der Waals surface area contributed by atoms with Crippen molar-refractivity contribution in [2.24, 2.45) is 0 Å². The van der Waals surface area contributed by atoms with E-state index in [1.54, 1.807) is 0 Å². The number of carbonyl (C=O) groups is 1. The number of aromatic carboxylic acids is 1. The number of hydrogen-bond donors (Lipinski definition) is 2. The molecular weight excluding hydrogens is 356 g/mol. The van der Waals surface area contributed by atoms with E-state index in [1.165, 1.54) is 31.5 Å². The molecule has 8 nitrogen and oxygen atoms in total. The zero-order valence-electron chi connectivity index (χ0n) is 15.0. The Labute approximate surface area is 154 Å². The highest BCUT2D eigenvalue weighted by atomic mass is 32.2. The molecule has 2 N–H and O–H groups in total. The normalized spacial score (nSPS) is 20.1. The van der Waals surface area contributed by atoms with Gasteiger partial charge in [0.05, 0.1) is 18.1 Å². The largest absolute Gasteiger partial charge is 0.478 e. The van der Waals surface area contributed by atoms with Crippen molar-refractivity contribution in [3.8, 4) is 0 Å². The first-order valence-corrected chi connectivity index (χ1v) is 10.9. The van der Waals surface area contributed by atoms with Crippen LogP contribution in [0, 0.1) is 0 Å². The standard InChI is InChI=1S/C17H26N4O4S/c1-26(24,25)19-13-11-15(17(22)23)16(18-12-13)21-9-5-14(6-10-21)20-7-3-2-4-8-20/h11-12,14,19H,2-10H2,1H3,(H,22,23). The fourth-order valence-corrected chi connectivity index (χ4v) is 4.40. The van der Waals surface area contributed by atoms with Crippen LogP contribution in [-0.4, -0.2) is 67.9 Å². The number of sulfonamides is 1. The summed E-state index contributed by atoms with van der Waals surface area (Å²) in [4.78, 5) is 20.4. The van der Waals surface area contributed by atoms with Gasteiger partial charge in [0.25, 0.3) is 0 Å². The first kappa shape index (κ1) is 18.9. The zero-order valence-corrected chi connectivity index (χ0v) is 15.8. The number of aromatic nitrogens is 1. The topological polar surface area (TPSA) is 103 Å². The number of carboxylic acid groups (broad SMARTS) is 1. The average Bonchev–Trinajstić information content (AvgIpc) is 2.61. The Bertz CT molecular complexity index is 754.